The summed E-state index contributed by atoms with van der Waals surface area (Å²) in [5, 5.41) is 8.76. The summed E-state index contributed by atoms with van der Waals surface area (Å²) in [7, 11) is 0. The lowest BCUT2D eigenvalue weighted by molar-refractivity contribution is 0.306. The monoisotopic (exact) mass is 225 g/mol. The molecule has 0 unspecified atom stereocenters. The molecule has 0 bridgehead atoms. The fourth-order valence-electron chi connectivity index (χ4n) is 1.39. The number of ether oxygens (including phenoxy) is 1. The Balaban J connectivity index is 2.08. The molecular weight excluding hydrogens is 214 g/mol. The normalized spacial score (nSPS) is 9.59. The van der Waals surface area contributed by atoms with Crippen molar-refractivity contribution in [3.8, 4) is 11.8 Å². The van der Waals surface area contributed by atoms with E-state index in [1.54, 1.807) is 36.5 Å². The van der Waals surface area contributed by atoms with E-state index in [0.717, 1.165) is 5.56 Å². The minimum absolute atomic E-state index is 0.342. The van der Waals surface area contributed by atoms with Crippen LogP contribution in [0.25, 0.3) is 0 Å². The maximum absolute atomic E-state index is 8.76. The summed E-state index contributed by atoms with van der Waals surface area (Å²) in [5.41, 5.74) is 7.10. The van der Waals surface area contributed by atoms with E-state index in [2.05, 4.69) is 11.1 Å². The highest BCUT2D eigenvalue weighted by molar-refractivity contribution is 5.39. The Morgan fingerprint density at radius 3 is 2.94 bits per heavy atom. The summed E-state index contributed by atoms with van der Waals surface area (Å²) in [4.78, 5) is 3.97. The highest BCUT2D eigenvalue weighted by atomic mass is 16.5. The van der Waals surface area contributed by atoms with Crippen molar-refractivity contribution >= 4 is 5.82 Å². The predicted octanol–water partition coefficient (Wildman–Crippen LogP) is 2.11. The molecule has 0 aliphatic rings. The Morgan fingerprint density at radius 2 is 2.18 bits per heavy atom. The first-order chi connectivity index (χ1) is 8.29. The van der Waals surface area contributed by atoms with Gasteiger partial charge >= 0.3 is 0 Å². The molecule has 0 saturated heterocycles. The molecule has 84 valence electrons. The van der Waals surface area contributed by atoms with E-state index < -0.39 is 0 Å². The van der Waals surface area contributed by atoms with Gasteiger partial charge in [0, 0.05) is 11.8 Å². The number of nitriles is 1. The van der Waals surface area contributed by atoms with E-state index in [4.69, 9.17) is 15.7 Å². The number of nitrogen functional groups attached to an aromatic ring is 1. The van der Waals surface area contributed by atoms with Gasteiger partial charge in [0.25, 0.3) is 0 Å². The molecule has 0 aliphatic carbocycles. The zero-order valence-electron chi connectivity index (χ0n) is 9.13. The molecule has 0 amide bonds. The van der Waals surface area contributed by atoms with Crippen LogP contribution < -0.4 is 10.5 Å². The number of pyridine rings is 1. The van der Waals surface area contributed by atoms with Crippen molar-refractivity contribution in [2.24, 2.45) is 0 Å². The number of anilines is 1. The smallest absolute Gasteiger partial charge is 0.129 e. The van der Waals surface area contributed by atoms with Crippen LogP contribution >= 0.6 is 0 Å². The molecule has 0 saturated carbocycles. The van der Waals surface area contributed by atoms with Gasteiger partial charge in [-0.3, -0.25) is 0 Å². The molecule has 0 aliphatic heterocycles. The van der Waals surface area contributed by atoms with Crippen LogP contribution in [0.15, 0.2) is 42.6 Å². The second-order valence-electron chi connectivity index (χ2n) is 3.48. The largest absolute Gasteiger partial charge is 0.489 e. The summed E-state index contributed by atoms with van der Waals surface area (Å²) in [5.74, 6) is 1.11. The van der Waals surface area contributed by atoms with Crippen molar-refractivity contribution in [2.75, 3.05) is 5.73 Å². The molecule has 1 heterocycles. The third-order valence-corrected chi connectivity index (χ3v) is 2.28. The summed E-state index contributed by atoms with van der Waals surface area (Å²) in [6.45, 7) is 0.342. The van der Waals surface area contributed by atoms with Gasteiger partial charge in [0.2, 0.25) is 0 Å². The topological polar surface area (TPSA) is 71.9 Å². The second-order valence-corrected chi connectivity index (χ2v) is 3.48. The number of rotatable bonds is 3. The average Bonchev–Trinajstić information content (AvgIpc) is 2.38. The van der Waals surface area contributed by atoms with Gasteiger partial charge in [0.1, 0.15) is 18.2 Å². The lowest BCUT2D eigenvalue weighted by Crippen LogP contribution is -2.01. The Kier molecular flexibility index (Phi) is 3.22. The predicted molar refractivity (Wildman–Crippen MR) is 64.1 cm³/mol. The second kappa shape index (κ2) is 4.99. The number of aromatic nitrogens is 1. The van der Waals surface area contributed by atoms with Crippen molar-refractivity contribution < 1.29 is 4.74 Å². The quantitative estimate of drug-likeness (QED) is 0.868. The summed E-state index contributed by atoms with van der Waals surface area (Å²) >= 11 is 0. The Labute approximate surface area is 99.3 Å². The average molecular weight is 225 g/mol. The molecule has 0 spiro atoms. The van der Waals surface area contributed by atoms with Crippen LogP contribution in [0.1, 0.15) is 11.1 Å². The van der Waals surface area contributed by atoms with Crippen LogP contribution in [0, 0.1) is 11.3 Å². The van der Waals surface area contributed by atoms with Crippen molar-refractivity contribution in [1.29, 1.82) is 5.26 Å². The molecule has 2 rings (SSSR count). The van der Waals surface area contributed by atoms with Gasteiger partial charge in [-0.2, -0.15) is 5.26 Å². The first-order valence-corrected chi connectivity index (χ1v) is 5.12. The van der Waals surface area contributed by atoms with Gasteiger partial charge in [-0.1, -0.05) is 12.1 Å². The molecular formula is C13H11N3O. The zero-order chi connectivity index (χ0) is 12.1. The fraction of sp³-hybridized carbons (Fsp3) is 0.0769. The van der Waals surface area contributed by atoms with Gasteiger partial charge in [-0.05, 0) is 24.3 Å². The van der Waals surface area contributed by atoms with Crippen molar-refractivity contribution in [3.05, 3.63) is 53.7 Å². The summed E-state index contributed by atoms with van der Waals surface area (Å²) < 4.78 is 5.54. The van der Waals surface area contributed by atoms with Crippen molar-refractivity contribution in [2.45, 2.75) is 6.61 Å². The van der Waals surface area contributed by atoms with E-state index in [0.29, 0.717) is 23.7 Å². The Bertz CT molecular complexity index is 561. The fourth-order valence-corrected chi connectivity index (χ4v) is 1.39. The van der Waals surface area contributed by atoms with E-state index in [1.807, 2.05) is 6.07 Å². The Hall–Kier alpha value is -2.54. The highest BCUT2D eigenvalue weighted by Gasteiger charge is 2.01. The lowest BCUT2D eigenvalue weighted by atomic mass is 10.2. The summed E-state index contributed by atoms with van der Waals surface area (Å²) in [6.07, 6.45) is 1.63. The third-order valence-electron chi connectivity index (χ3n) is 2.28. The third kappa shape index (κ3) is 2.73. The molecule has 0 radical (unpaired) electrons. The van der Waals surface area contributed by atoms with Crippen LogP contribution in [-0.4, -0.2) is 4.98 Å². The maximum atomic E-state index is 8.76. The molecule has 0 atom stereocenters. The van der Waals surface area contributed by atoms with Crippen molar-refractivity contribution in [1.82, 2.24) is 4.98 Å². The van der Waals surface area contributed by atoms with E-state index in [9.17, 15) is 0 Å². The SMILES string of the molecule is N#Cc1cccc(OCc2cccnc2N)c1. The first kappa shape index (κ1) is 11.0. The van der Waals surface area contributed by atoms with E-state index in [1.165, 1.54) is 0 Å². The number of hydrogen-bond acceptors (Lipinski definition) is 4. The molecule has 1 aromatic carbocycles. The van der Waals surface area contributed by atoms with Gasteiger partial charge in [-0.25, -0.2) is 4.98 Å². The van der Waals surface area contributed by atoms with Gasteiger partial charge in [-0.15, -0.1) is 0 Å². The standard InChI is InChI=1S/C13H11N3O/c14-8-10-3-1-5-12(7-10)17-9-11-4-2-6-16-13(11)15/h1-7H,9H2,(H2,15,16). The molecule has 2 N–H and O–H groups in total. The lowest BCUT2D eigenvalue weighted by Gasteiger charge is -2.07. The number of nitrogens with zero attached hydrogens (tertiary/aromatic N) is 2. The molecule has 0 fully saturated rings. The molecule has 4 nitrogen and oxygen atoms in total. The number of benzene rings is 1. The van der Waals surface area contributed by atoms with E-state index >= 15 is 0 Å². The van der Waals surface area contributed by atoms with Crippen molar-refractivity contribution in [3.63, 3.8) is 0 Å². The molecule has 2 aromatic rings. The molecule has 17 heavy (non-hydrogen) atoms. The number of hydrogen-bond donors (Lipinski definition) is 1. The highest BCUT2D eigenvalue weighted by Crippen LogP contribution is 2.16. The van der Waals surface area contributed by atoms with Gasteiger partial charge in [0.05, 0.1) is 11.6 Å². The zero-order valence-corrected chi connectivity index (χ0v) is 9.13. The van der Waals surface area contributed by atoms with Gasteiger partial charge < -0.3 is 10.5 Å². The van der Waals surface area contributed by atoms with Crippen LogP contribution in [-0.2, 0) is 6.61 Å². The maximum Gasteiger partial charge on any atom is 0.129 e. The van der Waals surface area contributed by atoms with E-state index in [-0.39, 0.29) is 0 Å². The Morgan fingerprint density at radius 1 is 1.29 bits per heavy atom. The van der Waals surface area contributed by atoms with Crippen LogP contribution in [0.5, 0.6) is 5.75 Å². The minimum Gasteiger partial charge on any atom is -0.489 e. The van der Waals surface area contributed by atoms with Crippen LogP contribution in [0.3, 0.4) is 0 Å². The first-order valence-electron chi connectivity index (χ1n) is 5.12. The molecule has 4 heteroatoms. The summed E-state index contributed by atoms with van der Waals surface area (Å²) in [6, 6.07) is 12.7. The molecule has 1 aromatic heterocycles. The van der Waals surface area contributed by atoms with Gasteiger partial charge in [0.15, 0.2) is 0 Å². The van der Waals surface area contributed by atoms with Crippen LogP contribution in [0.4, 0.5) is 5.82 Å². The van der Waals surface area contributed by atoms with Crippen LogP contribution in [0.2, 0.25) is 0 Å². The number of nitrogens with two attached hydrogens (primary N) is 1. The minimum atomic E-state index is 0.342.